The lowest BCUT2D eigenvalue weighted by Gasteiger charge is -2.32. The van der Waals surface area contributed by atoms with Crippen molar-refractivity contribution in [1.29, 1.82) is 0 Å². The van der Waals surface area contributed by atoms with Crippen molar-refractivity contribution in [1.82, 2.24) is 9.03 Å². The van der Waals surface area contributed by atoms with Crippen LogP contribution in [-0.2, 0) is 15.0 Å². The summed E-state index contributed by atoms with van der Waals surface area (Å²) < 4.78 is 27.4. The van der Waals surface area contributed by atoms with Gasteiger partial charge in [0, 0.05) is 29.6 Å². The van der Waals surface area contributed by atoms with Crippen LogP contribution in [0.4, 0.5) is 0 Å². The van der Waals surface area contributed by atoms with Gasteiger partial charge in [-0.1, -0.05) is 11.6 Å². The van der Waals surface area contributed by atoms with Crippen LogP contribution in [0.25, 0.3) is 0 Å². The number of rotatable bonds is 6. The van der Waals surface area contributed by atoms with Crippen molar-refractivity contribution in [2.75, 3.05) is 13.1 Å². The van der Waals surface area contributed by atoms with Gasteiger partial charge < -0.3 is 10.8 Å². The van der Waals surface area contributed by atoms with Crippen molar-refractivity contribution in [3.8, 4) is 0 Å². The molecule has 0 unspecified atom stereocenters. The van der Waals surface area contributed by atoms with Crippen LogP contribution in [0.5, 0.6) is 0 Å². The first kappa shape index (κ1) is 19.8. The van der Waals surface area contributed by atoms with E-state index >= 15 is 0 Å². The average Bonchev–Trinajstić information content (AvgIpc) is 2.54. The normalized spacial score (nSPS) is 19.3. The molecule has 1 aromatic rings. The number of primary amides is 1. The first-order chi connectivity index (χ1) is 11.5. The Balaban J connectivity index is 2.00. The molecule has 0 radical (unpaired) electrons. The van der Waals surface area contributed by atoms with Crippen LogP contribution in [-0.4, -0.2) is 48.3 Å². The molecule has 1 aliphatic rings. The van der Waals surface area contributed by atoms with E-state index in [1.54, 1.807) is 24.3 Å². The summed E-state index contributed by atoms with van der Waals surface area (Å²) in [5.41, 5.74) is 3.10. The Labute approximate surface area is 151 Å². The molecule has 1 heterocycles. The SMILES string of the molecule is C[C@@](O)(NS(=O)(=O)N1CCC(C(=O)c2ccc(Cl)cc2)CC1)C(N)=O. The number of Topliss-reactive ketones (excluding diaryl/α,β-unsaturated/α-hetero) is 1. The zero-order chi connectivity index (χ0) is 18.8. The quantitative estimate of drug-likeness (QED) is 0.474. The van der Waals surface area contributed by atoms with E-state index in [2.05, 4.69) is 0 Å². The van der Waals surface area contributed by atoms with Gasteiger partial charge in [0.1, 0.15) is 0 Å². The molecule has 138 valence electrons. The van der Waals surface area contributed by atoms with E-state index in [9.17, 15) is 23.1 Å². The molecule has 10 heteroatoms. The molecule has 1 saturated heterocycles. The Morgan fingerprint density at radius 2 is 1.80 bits per heavy atom. The van der Waals surface area contributed by atoms with E-state index in [4.69, 9.17) is 17.3 Å². The highest BCUT2D eigenvalue weighted by atomic mass is 35.5. The zero-order valence-electron chi connectivity index (χ0n) is 13.6. The number of benzene rings is 1. The second kappa shape index (κ2) is 7.38. The number of ketones is 1. The predicted molar refractivity (Wildman–Crippen MR) is 92.0 cm³/mol. The van der Waals surface area contributed by atoms with Gasteiger partial charge in [-0.2, -0.15) is 17.4 Å². The van der Waals surface area contributed by atoms with Crippen LogP contribution in [0.1, 0.15) is 30.1 Å². The fourth-order valence-electron chi connectivity index (χ4n) is 2.57. The smallest absolute Gasteiger partial charge is 0.282 e. The third-order valence-corrected chi connectivity index (χ3v) is 6.05. The molecule has 8 nitrogen and oxygen atoms in total. The zero-order valence-corrected chi connectivity index (χ0v) is 15.2. The van der Waals surface area contributed by atoms with Crippen molar-refractivity contribution in [3.63, 3.8) is 0 Å². The van der Waals surface area contributed by atoms with Gasteiger partial charge in [-0.05, 0) is 44.0 Å². The minimum Gasteiger partial charge on any atom is -0.367 e. The van der Waals surface area contributed by atoms with E-state index in [1.165, 1.54) is 0 Å². The summed E-state index contributed by atoms with van der Waals surface area (Å²) in [5, 5.41) is 10.2. The fourth-order valence-corrected chi connectivity index (χ4v) is 4.12. The number of halogens is 1. The molecule has 0 aliphatic carbocycles. The summed E-state index contributed by atoms with van der Waals surface area (Å²) >= 11 is 5.80. The Morgan fingerprint density at radius 1 is 1.28 bits per heavy atom. The van der Waals surface area contributed by atoms with E-state index < -0.39 is 21.8 Å². The van der Waals surface area contributed by atoms with Crippen LogP contribution >= 0.6 is 11.6 Å². The Bertz CT molecular complexity index is 756. The number of carbonyl (C=O) groups is 2. The van der Waals surface area contributed by atoms with Crippen LogP contribution < -0.4 is 10.5 Å². The van der Waals surface area contributed by atoms with E-state index in [-0.39, 0.29) is 24.8 Å². The number of piperidine rings is 1. The topological polar surface area (TPSA) is 130 Å². The van der Waals surface area contributed by atoms with Crippen LogP contribution in [0.2, 0.25) is 5.02 Å². The average molecular weight is 390 g/mol. The first-order valence-electron chi connectivity index (χ1n) is 7.64. The van der Waals surface area contributed by atoms with Crippen molar-refractivity contribution >= 4 is 33.5 Å². The van der Waals surface area contributed by atoms with Crippen molar-refractivity contribution in [2.24, 2.45) is 11.7 Å². The molecule has 25 heavy (non-hydrogen) atoms. The molecule has 4 N–H and O–H groups in total. The molecule has 1 atom stereocenters. The molecular weight excluding hydrogens is 370 g/mol. The van der Waals surface area contributed by atoms with Crippen molar-refractivity contribution in [2.45, 2.75) is 25.5 Å². The molecule has 0 spiro atoms. The third-order valence-electron chi connectivity index (χ3n) is 4.10. The Kier molecular flexibility index (Phi) is 5.85. The van der Waals surface area contributed by atoms with E-state index in [0.29, 0.717) is 23.4 Å². The number of nitrogens with two attached hydrogens (primary N) is 1. The van der Waals surface area contributed by atoms with Gasteiger partial charge in [0.25, 0.3) is 16.1 Å². The second-order valence-electron chi connectivity index (χ2n) is 6.09. The number of hydrogen-bond donors (Lipinski definition) is 3. The summed E-state index contributed by atoms with van der Waals surface area (Å²) in [4.78, 5) is 23.5. The molecule has 0 saturated carbocycles. The molecule has 1 aliphatic heterocycles. The number of carbonyl (C=O) groups excluding carboxylic acids is 2. The van der Waals surface area contributed by atoms with Crippen LogP contribution in [0, 0.1) is 5.92 Å². The maximum absolute atomic E-state index is 12.5. The minimum atomic E-state index is -4.10. The molecule has 1 aromatic carbocycles. The monoisotopic (exact) mass is 389 g/mol. The largest absolute Gasteiger partial charge is 0.367 e. The molecule has 0 aromatic heterocycles. The summed E-state index contributed by atoms with van der Waals surface area (Å²) in [5.74, 6) is -1.57. The maximum Gasteiger partial charge on any atom is 0.282 e. The third kappa shape index (κ3) is 4.77. The number of nitrogens with one attached hydrogen (secondary N) is 1. The highest BCUT2D eigenvalue weighted by Crippen LogP contribution is 2.24. The lowest BCUT2D eigenvalue weighted by molar-refractivity contribution is -0.135. The number of aliphatic hydroxyl groups is 1. The molecule has 1 fully saturated rings. The number of amides is 1. The van der Waals surface area contributed by atoms with Gasteiger partial charge in [0.2, 0.25) is 5.72 Å². The Morgan fingerprint density at radius 3 is 2.28 bits per heavy atom. The van der Waals surface area contributed by atoms with Crippen molar-refractivity contribution in [3.05, 3.63) is 34.9 Å². The first-order valence-corrected chi connectivity index (χ1v) is 9.46. The lowest BCUT2D eigenvalue weighted by Crippen LogP contribution is -2.59. The van der Waals surface area contributed by atoms with E-state index in [1.807, 2.05) is 4.72 Å². The second-order valence-corrected chi connectivity index (χ2v) is 8.20. The lowest BCUT2D eigenvalue weighted by atomic mass is 9.90. The standard InChI is InChI=1S/C15H20ClN3O5S/c1-15(22,14(17)21)18-25(23,24)19-8-6-11(7-9-19)13(20)10-2-4-12(16)5-3-10/h2-5,11,18,22H,6-9H2,1H3,(H2,17,21)/t15-/m0/s1. The fraction of sp³-hybridized carbons (Fsp3) is 0.467. The van der Waals surface area contributed by atoms with Crippen LogP contribution in [0.3, 0.4) is 0 Å². The van der Waals surface area contributed by atoms with Gasteiger partial charge >= 0.3 is 0 Å². The van der Waals surface area contributed by atoms with Gasteiger partial charge in [-0.3, -0.25) is 9.59 Å². The van der Waals surface area contributed by atoms with Gasteiger partial charge in [-0.15, -0.1) is 0 Å². The summed E-state index contributed by atoms with van der Waals surface area (Å²) in [6.45, 7) is 1.14. The van der Waals surface area contributed by atoms with Crippen LogP contribution in [0.15, 0.2) is 24.3 Å². The molecule has 1 amide bonds. The molecular formula is C15H20ClN3O5S. The van der Waals surface area contributed by atoms with Crippen molar-refractivity contribution < 1.29 is 23.1 Å². The van der Waals surface area contributed by atoms with E-state index in [0.717, 1.165) is 11.2 Å². The van der Waals surface area contributed by atoms with Gasteiger partial charge in [0.15, 0.2) is 5.78 Å². The minimum absolute atomic E-state index is 0.0641. The van der Waals surface area contributed by atoms with Gasteiger partial charge in [0.05, 0.1) is 0 Å². The number of hydrogen-bond acceptors (Lipinski definition) is 5. The summed E-state index contributed by atoms with van der Waals surface area (Å²) in [6, 6.07) is 6.53. The highest BCUT2D eigenvalue weighted by molar-refractivity contribution is 7.87. The molecule has 2 rings (SSSR count). The summed E-state index contributed by atoms with van der Waals surface area (Å²) in [6.07, 6.45) is 0.669. The number of nitrogens with zero attached hydrogens (tertiary/aromatic N) is 1. The Hall–Kier alpha value is -1.52. The predicted octanol–water partition coefficient (Wildman–Crippen LogP) is 0.263. The van der Waals surface area contributed by atoms with Gasteiger partial charge in [-0.25, -0.2) is 0 Å². The highest BCUT2D eigenvalue weighted by Gasteiger charge is 2.38. The maximum atomic E-state index is 12.5. The summed E-state index contributed by atoms with van der Waals surface area (Å²) in [7, 11) is -4.10. The molecule has 0 bridgehead atoms.